The molecule has 0 rings (SSSR count). The lowest BCUT2D eigenvalue weighted by atomic mass is 10.1. The third kappa shape index (κ3) is 45.0. The molecule has 13 nitrogen and oxygen atoms in total. The molecule has 0 aromatic carbocycles. The molecule has 0 radical (unpaired) electrons. The average Bonchev–Trinajstić information content (AvgIpc) is 3.06. The molecule has 0 aromatic heterocycles. The van der Waals surface area contributed by atoms with Gasteiger partial charge in [0.1, 0.15) is 12.2 Å². The van der Waals surface area contributed by atoms with E-state index < -0.39 is 5.60 Å². The van der Waals surface area contributed by atoms with Crippen LogP contribution in [0.3, 0.4) is 0 Å². The Kier molecular flexibility index (Phi) is 39.0. The highest BCUT2D eigenvalue weighted by atomic mass is 16.6. The van der Waals surface area contributed by atoms with Crippen molar-refractivity contribution in [3.63, 3.8) is 0 Å². The van der Waals surface area contributed by atoms with E-state index in [1.54, 1.807) is 0 Å². The van der Waals surface area contributed by atoms with Gasteiger partial charge in [0.25, 0.3) is 0 Å². The number of rotatable bonds is 41. The van der Waals surface area contributed by atoms with Gasteiger partial charge >= 0.3 is 5.97 Å². The zero-order valence-electron chi connectivity index (χ0n) is 31.5. The molecule has 0 aromatic rings. The predicted octanol–water partition coefficient (Wildman–Crippen LogP) is 4.65. The maximum atomic E-state index is 11.5. The van der Waals surface area contributed by atoms with Crippen LogP contribution in [0.25, 0.3) is 0 Å². The second kappa shape index (κ2) is 39.8. The summed E-state index contributed by atoms with van der Waals surface area (Å²) in [4.78, 5) is 11.5. The van der Waals surface area contributed by atoms with Crippen molar-refractivity contribution in [3.8, 4) is 0 Å². The van der Waals surface area contributed by atoms with Crippen LogP contribution in [0.2, 0.25) is 0 Å². The average molecular weight is 713 g/mol. The Balaban J connectivity index is 3.09. The fourth-order valence-corrected chi connectivity index (χ4v) is 4.06. The number of hydrogen-bond donors (Lipinski definition) is 0. The molecule has 0 heterocycles. The summed E-state index contributed by atoms with van der Waals surface area (Å²) in [6.07, 6.45) is 10.5. The summed E-state index contributed by atoms with van der Waals surface area (Å²) in [7, 11) is 0. The monoisotopic (exact) mass is 712 g/mol. The maximum absolute atomic E-state index is 11.5. The van der Waals surface area contributed by atoms with E-state index in [0.717, 1.165) is 13.0 Å². The Bertz CT molecular complexity index is 649. The molecule has 0 aliphatic carbocycles. The van der Waals surface area contributed by atoms with E-state index in [-0.39, 0.29) is 12.6 Å². The van der Waals surface area contributed by atoms with Gasteiger partial charge in [-0.1, -0.05) is 51.9 Å². The number of ether oxygens (including phenoxy) is 12. The Labute approximate surface area is 297 Å². The molecule has 13 heteroatoms. The van der Waals surface area contributed by atoms with Gasteiger partial charge in [-0.2, -0.15) is 0 Å². The van der Waals surface area contributed by atoms with Gasteiger partial charge in [0, 0.05) is 6.61 Å². The Morgan fingerprint density at radius 3 is 0.878 bits per heavy atom. The summed E-state index contributed by atoms with van der Waals surface area (Å²) < 4.78 is 65.3. The van der Waals surface area contributed by atoms with E-state index in [0.29, 0.717) is 132 Å². The van der Waals surface area contributed by atoms with E-state index in [1.807, 2.05) is 20.8 Å². The summed E-state index contributed by atoms with van der Waals surface area (Å²) >= 11 is 0. The van der Waals surface area contributed by atoms with Crippen LogP contribution in [0.4, 0.5) is 0 Å². The molecule has 0 unspecified atom stereocenters. The van der Waals surface area contributed by atoms with Crippen LogP contribution < -0.4 is 0 Å². The largest absolute Gasteiger partial charge is 0.458 e. The van der Waals surface area contributed by atoms with Crippen molar-refractivity contribution in [1.29, 1.82) is 0 Å². The van der Waals surface area contributed by atoms with Crippen molar-refractivity contribution in [3.05, 3.63) is 0 Å². The highest BCUT2D eigenvalue weighted by Gasteiger charge is 2.15. The molecule has 0 atom stereocenters. The van der Waals surface area contributed by atoms with Crippen molar-refractivity contribution >= 4 is 5.97 Å². The maximum Gasteiger partial charge on any atom is 0.332 e. The van der Waals surface area contributed by atoms with Crippen molar-refractivity contribution in [1.82, 2.24) is 0 Å². The predicted molar refractivity (Wildman–Crippen MR) is 187 cm³/mol. The fourth-order valence-electron chi connectivity index (χ4n) is 4.06. The smallest absolute Gasteiger partial charge is 0.332 e. The van der Waals surface area contributed by atoms with E-state index in [4.69, 9.17) is 56.8 Å². The van der Waals surface area contributed by atoms with E-state index in [1.165, 1.54) is 44.9 Å². The van der Waals surface area contributed by atoms with Gasteiger partial charge in [-0.25, -0.2) is 4.79 Å². The zero-order chi connectivity index (χ0) is 35.8. The van der Waals surface area contributed by atoms with E-state index in [2.05, 4.69) is 6.92 Å². The fraction of sp³-hybridized carbons (Fsp3) is 0.972. The summed E-state index contributed by atoms with van der Waals surface area (Å²) in [5.41, 5.74) is -0.509. The van der Waals surface area contributed by atoms with Gasteiger partial charge < -0.3 is 56.8 Å². The molecule has 49 heavy (non-hydrogen) atoms. The van der Waals surface area contributed by atoms with Crippen LogP contribution in [0.15, 0.2) is 0 Å². The lowest BCUT2D eigenvalue weighted by Gasteiger charge is -2.19. The number of carbonyl (C=O) groups is 1. The molecule has 0 aliphatic heterocycles. The van der Waals surface area contributed by atoms with Crippen LogP contribution >= 0.6 is 0 Å². The minimum Gasteiger partial charge on any atom is -0.458 e. The third-order valence-corrected chi connectivity index (χ3v) is 6.50. The molecular weight excluding hydrogens is 640 g/mol. The first-order valence-electron chi connectivity index (χ1n) is 18.5. The quantitative estimate of drug-likeness (QED) is 0.0645. The Hall–Kier alpha value is -0.970. The molecule has 0 bridgehead atoms. The first-order chi connectivity index (χ1) is 24.0. The van der Waals surface area contributed by atoms with Crippen molar-refractivity contribution < 1.29 is 61.6 Å². The molecule has 294 valence electrons. The number of hydrogen-bond acceptors (Lipinski definition) is 13. The van der Waals surface area contributed by atoms with Crippen LogP contribution in [0.5, 0.6) is 0 Å². The Morgan fingerprint density at radius 1 is 0.347 bits per heavy atom. The van der Waals surface area contributed by atoms with Gasteiger partial charge in [0.05, 0.1) is 132 Å². The molecule has 0 N–H and O–H groups in total. The van der Waals surface area contributed by atoms with Crippen LogP contribution in [-0.2, 0) is 61.6 Å². The molecule has 0 spiro atoms. The molecule has 0 saturated carbocycles. The second-order valence-electron chi connectivity index (χ2n) is 12.2. The molecule has 0 saturated heterocycles. The summed E-state index contributed by atoms with van der Waals surface area (Å²) in [5.74, 6) is -0.384. The Morgan fingerprint density at radius 2 is 0.592 bits per heavy atom. The number of unbranched alkanes of at least 4 members (excludes halogenated alkanes) is 7. The topological polar surface area (TPSA) is 128 Å². The number of esters is 1. The standard InChI is InChI=1S/C36H72O13/c1-5-6-7-8-9-10-11-12-13-38-14-15-39-16-17-40-18-19-41-20-21-42-22-23-43-24-25-44-26-27-45-28-29-46-30-31-47-32-33-48-34-35(37)49-36(2,3)4/h5-34H2,1-4H3. The van der Waals surface area contributed by atoms with E-state index >= 15 is 0 Å². The van der Waals surface area contributed by atoms with Gasteiger partial charge in [-0.05, 0) is 27.2 Å². The summed E-state index contributed by atoms with van der Waals surface area (Å²) in [6, 6.07) is 0. The van der Waals surface area contributed by atoms with Crippen molar-refractivity contribution in [2.75, 3.05) is 145 Å². The zero-order valence-corrected chi connectivity index (χ0v) is 31.5. The molecule has 0 amide bonds. The molecule has 0 aliphatic rings. The lowest BCUT2D eigenvalue weighted by Crippen LogP contribution is -2.27. The van der Waals surface area contributed by atoms with Gasteiger partial charge in [-0.3, -0.25) is 0 Å². The minimum absolute atomic E-state index is 0.0806. The van der Waals surface area contributed by atoms with Crippen LogP contribution in [0, 0.1) is 0 Å². The second-order valence-corrected chi connectivity index (χ2v) is 12.2. The van der Waals surface area contributed by atoms with Gasteiger partial charge in [0.15, 0.2) is 0 Å². The molecular formula is C36H72O13. The normalized spacial score (nSPS) is 11.8. The summed E-state index contributed by atoms with van der Waals surface area (Å²) in [5, 5.41) is 0. The highest BCUT2D eigenvalue weighted by Crippen LogP contribution is 2.08. The highest BCUT2D eigenvalue weighted by molar-refractivity contribution is 5.71. The third-order valence-electron chi connectivity index (χ3n) is 6.50. The van der Waals surface area contributed by atoms with E-state index in [9.17, 15) is 4.79 Å². The van der Waals surface area contributed by atoms with Crippen molar-refractivity contribution in [2.24, 2.45) is 0 Å². The summed E-state index contributed by atoms with van der Waals surface area (Å²) in [6.45, 7) is 18.5. The SMILES string of the molecule is CCCCCCCCCCOCCOCCOCCOCCOCCOCCOCCOCCOCCOCCOCC(=O)OC(C)(C)C. The van der Waals surface area contributed by atoms with Gasteiger partial charge in [-0.15, -0.1) is 0 Å². The van der Waals surface area contributed by atoms with Crippen LogP contribution in [0.1, 0.15) is 79.1 Å². The van der Waals surface area contributed by atoms with Crippen LogP contribution in [-0.4, -0.2) is 157 Å². The lowest BCUT2D eigenvalue weighted by molar-refractivity contribution is -0.160. The first-order valence-corrected chi connectivity index (χ1v) is 18.5. The van der Waals surface area contributed by atoms with Gasteiger partial charge in [0.2, 0.25) is 0 Å². The van der Waals surface area contributed by atoms with Crippen molar-refractivity contribution in [2.45, 2.75) is 84.7 Å². The number of carbonyl (C=O) groups excluding carboxylic acids is 1. The molecule has 0 fully saturated rings. The first kappa shape index (κ1) is 48.0. The minimum atomic E-state index is -0.509.